The van der Waals surface area contributed by atoms with Gasteiger partial charge in [0.1, 0.15) is 10.6 Å². The number of nitrogens with one attached hydrogen (secondary N) is 1. The number of hydrogen-bond acceptors (Lipinski definition) is 5. The van der Waals surface area contributed by atoms with Crippen LogP contribution in [0.2, 0.25) is 0 Å². The Balaban J connectivity index is 2.04. The molecule has 2 rings (SSSR count). The molecule has 1 aromatic carbocycles. The number of piperidine rings is 1. The number of hydrogen-bond donors (Lipinski definition) is 1. The Bertz CT molecular complexity index is 736. The van der Waals surface area contributed by atoms with Crippen LogP contribution in [0.5, 0.6) is 5.75 Å². The van der Waals surface area contributed by atoms with Gasteiger partial charge in [0.2, 0.25) is 15.9 Å². The number of ether oxygens (including phenoxy) is 2. The smallest absolute Gasteiger partial charge is 0.246 e. The first kappa shape index (κ1) is 21.7. The van der Waals surface area contributed by atoms with Gasteiger partial charge in [0.15, 0.2) is 0 Å². The fourth-order valence-corrected chi connectivity index (χ4v) is 4.94. The topological polar surface area (TPSA) is 84.9 Å². The average Bonchev–Trinajstić information content (AvgIpc) is 2.67. The molecule has 0 unspecified atom stereocenters. The molecule has 1 aromatic rings. The third-order valence-corrected chi connectivity index (χ3v) is 6.55. The summed E-state index contributed by atoms with van der Waals surface area (Å²) in [7, 11) is -2.26. The fourth-order valence-electron chi connectivity index (χ4n) is 3.17. The van der Waals surface area contributed by atoms with Gasteiger partial charge in [-0.1, -0.05) is 6.07 Å². The predicted molar refractivity (Wildman–Crippen MR) is 103 cm³/mol. The van der Waals surface area contributed by atoms with Gasteiger partial charge >= 0.3 is 0 Å². The quantitative estimate of drug-likeness (QED) is 0.643. The SMILES string of the molecule is CCOCCCNC(=O)[C@H]1CCCN(S(=O)(=O)c2cc(C)ccc2OC)C1. The Morgan fingerprint density at radius 2 is 2.15 bits per heavy atom. The van der Waals surface area contributed by atoms with Crippen LogP contribution in [0, 0.1) is 12.8 Å². The van der Waals surface area contributed by atoms with Gasteiger partial charge in [-0.05, 0) is 50.8 Å². The van der Waals surface area contributed by atoms with Gasteiger partial charge in [-0.15, -0.1) is 0 Å². The zero-order valence-corrected chi connectivity index (χ0v) is 17.2. The molecular weight excluding hydrogens is 368 g/mol. The minimum atomic E-state index is -3.72. The molecule has 1 heterocycles. The molecule has 0 aromatic heterocycles. The molecule has 1 aliphatic heterocycles. The number of carbonyl (C=O) groups excluding carboxylic acids is 1. The van der Waals surface area contributed by atoms with Crippen molar-refractivity contribution in [2.75, 3.05) is 40.0 Å². The molecule has 0 aliphatic carbocycles. The number of nitrogens with zero attached hydrogens (tertiary/aromatic N) is 1. The van der Waals surface area contributed by atoms with E-state index in [-0.39, 0.29) is 23.3 Å². The lowest BCUT2D eigenvalue weighted by molar-refractivity contribution is -0.126. The lowest BCUT2D eigenvalue weighted by Gasteiger charge is -2.31. The second-order valence-corrected chi connectivity index (χ2v) is 8.60. The number of rotatable bonds is 9. The normalized spacial score (nSPS) is 18.3. The van der Waals surface area contributed by atoms with Crippen molar-refractivity contribution in [3.63, 3.8) is 0 Å². The average molecular weight is 399 g/mol. The third-order valence-electron chi connectivity index (χ3n) is 4.66. The molecule has 1 N–H and O–H groups in total. The third kappa shape index (κ3) is 5.67. The molecular formula is C19H30N2O5S. The predicted octanol–water partition coefficient (Wildman–Crippen LogP) is 1.95. The van der Waals surface area contributed by atoms with Crippen molar-refractivity contribution in [2.45, 2.75) is 38.0 Å². The summed E-state index contributed by atoms with van der Waals surface area (Å²) >= 11 is 0. The molecule has 1 fully saturated rings. The monoisotopic (exact) mass is 398 g/mol. The molecule has 1 aliphatic rings. The van der Waals surface area contributed by atoms with Gasteiger partial charge in [0.25, 0.3) is 0 Å². The Morgan fingerprint density at radius 3 is 2.85 bits per heavy atom. The van der Waals surface area contributed by atoms with Crippen molar-refractivity contribution in [1.82, 2.24) is 9.62 Å². The minimum absolute atomic E-state index is 0.0948. The van der Waals surface area contributed by atoms with Crippen LogP contribution in [0.1, 0.15) is 31.7 Å². The molecule has 1 amide bonds. The number of carbonyl (C=O) groups is 1. The summed E-state index contributed by atoms with van der Waals surface area (Å²) in [6.45, 7) is 6.17. The van der Waals surface area contributed by atoms with Gasteiger partial charge in [-0.2, -0.15) is 4.31 Å². The van der Waals surface area contributed by atoms with Gasteiger partial charge < -0.3 is 14.8 Å². The molecule has 1 atom stereocenters. The molecule has 0 spiro atoms. The molecule has 0 saturated carbocycles. The first-order valence-corrected chi connectivity index (χ1v) is 10.8. The van der Waals surface area contributed by atoms with E-state index in [4.69, 9.17) is 9.47 Å². The van der Waals surface area contributed by atoms with E-state index in [1.807, 2.05) is 19.9 Å². The van der Waals surface area contributed by atoms with E-state index in [0.29, 0.717) is 44.9 Å². The lowest BCUT2D eigenvalue weighted by Crippen LogP contribution is -2.45. The van der Waals surface area contributed by atoms with E-state index in [1.165, 1.54) is 11.4 Å². The summed E-state index contributed by atoms with van der Waals surface area (Å²) in [5.74, 6) is -0.109. The van der Waals surface area contributed by atoms with Gasteiger partial charge in [-0.25, -0.2) is 8.42 Å². The van der Waals surface area contributed by atoms with E-state index in [0.717, 1.165) is 12.0 Å². The van der Waals surface area contributed by atoms with E-state index < -0.39 is 10.0 Å². The summed E-state index contributed by atoms with van der Waals surface area (Å²) in [5.41, 5.74) is 0.843. The van der Waals surface area contributed by atoms with Crippen molar-refractivity contribution < 1.29 is 22.7 Å². The Morgan fingerprint density at radius 1 is 1.37 bits per heavy atom. The highest BCUT2D eigenvalue weighted by molar-refractivity contribution is 7.89. The molecule has 27 heavy (non-hydrogen) atoms. The van der Waals surface area contributed by atoms with Crippen LogP contribution in [-0.4, -0.2) is 58.6 Å². The summed E-state index contributed by atoms with van der Waals surface area (Å²) in [4.78, 5) is 12.6. The summed E-state index contributed by atoms with van der Waals surface area (Å²) in [6.07, 6.45) is 2.09. The summed E-state index contributed by atoms with van der Waals surface area (Å²) in [5, 5.41) is 2.89. The minimum Gasteiger partial charge on any atom is -0.495 e. The second kappa shape index (κ2) is 10.1. The number of benzene rings is 1. The maximum atomic E-state index is 13.1. The van der Waals surface area contributed by atoms with Crippen LogP contribution < -0.4 is 10.1 Å². The van der Waals surface area contributed by atoms with Gasteiger partial charge in [0, 0.05) is 32.8 Å². The Hall–Kier alpha value is -1.64. The van der Waals surface area contributed by atoms with E-state index in [1.54, 1.807) is 12.1 Å². The van der Waals surface area contributed by atoms with Crippen molar-refractivity contribution >= 4 is 15.9 Å². The summed E-state index contributed by atoms with van der Waals surface area (Å²) in [6, 6.07) is 5.09. The van der Waals surface area contributed by atoms with Crippen LogP contribution in [-0.2, 0) is 19.6 Å². The van der Waals surface area contributed by atoms with Crippen LogP contribution in [0.25, 0.3) is 0 Å². The largest absolute Gasteiger partial charge is 0.495 e. The number of amides is 1. The molecule has 152 valence electrons. The van der Waals surface area contributed by atoms with Crippen molar-refractivity contribution in [3.05, 3.63) is 23.8 Å². The zero-order valence-electron chi connectivity index (χ0n) is 16.4. The highest BCUT2D eigenvalue weighted by atomic mass is 32.2. The maximum Gasteiger partial charge on any atom is 0.246 e. The lowest BCUT2D eigenvalue weighted by atomic mass is 9.99. The summed E-state index contributed by atoms with van der Waals surface area (Å²) < 4.78 is 38.1. The Labute approximate surface area is 162 Å². The number of aryl methyl sites for hydroxylation is 1. The van der Waals surface area contributed by atoms with Gasteiger partial charge in [-0.3, -0.25) is 4.79 Å². The van der Waals surface area contributed by atoms with Crippen LogP contribution >= 0.6 is 0 Å². The fraction of sp³-hybridized carbons (Fsp3) is 0.632. The molecule has 0 bridgehead atoms. The van der Waals surface area contributed by atoms with Crippen molar-refractivity contribution in [1.29, 1.82) is 0 Å². The first-order chi connectivity index (χ1) is 12.9. The standard InChI is InChI=1S/C19H30N2O5S/c1-4-26-12-6-10-20-19(22)16-7-5-11-21(14-16)27(23,24)18-13-15(2)8-9-17(18)25-3/h8-9,13,16H,4-7,10-12,14H2,1-3H3,(H,20,22)/t16-/m0/s1. The van der Waals surface area contributed by atoms with Crippen LogP contribution in [0.4, 0.5) is 0 Å². The Kier molecular flexibility index (Phi) is 8.07. The molecule has 7 nitrogen and oxygen atoms in total. The van der Waals surface area contributed by atoms with E-state index in [2.05, 4.69) is 5.32 Å². The first-order valence-electron chi connectivity index (χ1n) is 9.40. The highest BCUT2D eigenvalue weighted by Crippen LogP contribution is 2.30. The highest BCUT2D eigenvalue weighted by Gasteiger charge is 2.34. The second-order valence-electron chi connectivity index (χ2n) is 6.70. The van der Waals surface area contributed by atoms with E-state index in [9.17, 15) is 13.2 Å². The van der Waals surface area contributed by atoms with E-state index >= 15 is 0 Å². The van der Waals surface area contributed by atoms with Crippen molar-refractivity contribution in [3.8, 4) is 5.75 Å². The maximum absolute atomic E-state index is 13.1. The van der Waals surface area contributed by atoms with Crippen LogP contribution in [0.15, 0.2) is 23.1 Å². The number of methoxy groups -OCH3 is 1. The molecule has 0 radical (unpaired) electrons. The van der Waals surface area contributed by atoms with Crippen molar-refractivity contribution in [2.24, 2.45) is 5.92 Å². The zero-order chi connectivity index (χ0) is 19.9. The number of sulfonamides is 1. The molecule has 8 heteroatoms. The van der Waals surface area contributed by atoms with Gasteiger partial charge in [0.05, 0.1) is 13.0 Å². The van der Waals surface area contributed by atoms with Crippen LogP contribution in [0.3, 0.4) is 0 Å². The molecule has 1 saturated heterocycles.